The van der Waals surface area contributed by atoms with Gasteiger partial charge in [0.15, 0.2) is 5.84 Å². The van der Waals surface area contributed by atoms with Crippen LogP contribution < -0.4 is 5.32 Å². The van der Waals surface area contributed by atoms with Crippen LogP contribution in [-0.4, -0.2) is 24.1 Å². The van der Waals surface area contributed by atoms with Crippen molar-refractivity contribution in [3.63, 3.8) is 0 Å². The van der Waals surface area contributed by atoms with Gasteiger partial charge in [-0.05, 0) is 22.0 Å². The van der Waals surface area contributed by atoms with Crippen LogP contribution in [0, 0.1) is 0 Å². The van der Waals surface area contributed by atoms with Crippen LogP contribution in [0.3, 0.4) is 0 Å². The molecule has 0 spiro atoms. The summed E-state index contributed by atoms with van der Waals surface area (Å²) in [5, 5.41) is 2.62. The Labute approximate surface area is 71.2 Å². The standard InChI is InChI=1S/C6H4BrN3O/c7-3-1-4-5(8-2-3)10-6(11)9-4/h1-2,4H,(H,9,11). The molecule has 0 aromatic rings. The largest absolute Gasteiger partial charge is 0.343 e. The fourth-order valence-corrected chi connectivity index (χ4v) is 1.33. The summed E-state index contributed by atoms with van der Waals surface area (Å²) in [5.41, 5.74) is 0. The van der Waals surface area contributed by atoms with E-state index in [-0.39, 0.29) is 12.1 Å². The Morgan fingerprint density at radius 1 is 1.64 bits per heavy atom. The number of carbonyl (C=O) groups excluding carboxylic acids is 1. The number of dihydropyridines is 1. The summed E-state index contributed by atoms with van der Waals surface area (Å²) in [6.45, 7) is 0. The first-order valence-electron chi connectivity index (χ1n) is 3.06. The Morgan fingerprint density at radius 3 is 3.27 bits per heavy atom. The highest BCUT2D eigenvalue weighted by molar-refractivity contribution is 9.12. The summed E-state index contributed by atoms with van der Waals surface area (Å²) >= 11 is 3.25. The lowest BCUT2D eigenvalue weighted by molar-refractivity contribution is 0.251. The van der Waals surface area contributed by atoms with E-state index in [1.807, 2.05) is 6.08 Å². The molecule has 0 aromatic heterocycles. The van der Waals surface area contributed by atoms with Gasteiger partial charge < -0.3 is 5.32 Å². The summed E-state index contributed by atoms with van der Waals surface area (Å²) in [5.74, 6) is 0.540. The number of nitrogens with zero attached hydrogens (tertiary/aromatic N) is 2. The zero-order valence-electron chi connectivity index (χ0n) is 5.41. The lowest BCUT2D eigenvalue weighted by atomic mass is 10.2. The smallest absolute Gasteiger partial charge is 0.323 e. The first-order valence-corrected chi connectivity index (χ1v) is 3.85. The molecule has 2 heterocycles. The number of fused-ring (bicyclic) bond motifs is 1. The maximum Gasteiger partial charge on any atom is 0.343 e. The first kappa shape index (κ1) is 6.72. The molecule has 0 radical (unpaired) electrons. The van der Waals surface area contributed by atoms with Crippen molar-refractivity contribution >= 4 is 34.0 Å². The van der Waals surface area contributed by atoms with Crippen LogP contribution in [0.15, 0.2) is 20.5 Å². The van der Waals surface area contributed by atoms with Gasteiger partial charge in [0, 0.05) is 10.7 Å². The second-order valence-electron chi connectivity index (χ2n) is 2.21. The molecule has 11 heavy (non-hydrogen) atoms. The van der Waals surface area contributed by atoms with Crippen molar-refractivity contribution in [1.29, 1.82) is 0 Å². The van der Waals surface area contributed by atoms with E-state index in [1.165, 1.54) is 0 Å². The maximum absolute atomic E-state index is 10.7. The fourth-order valence-electron chi connectivity index (χ4n) is 0.959. The number of amidine groups is 1. The number of allylic oxidation sites excluding steroid dienone is 1. The molecule has 1 N–H and O–H groups in total. The number of nitrogens with one attached hydrogen (secondary N) is 1. The van der Waals surface area contributed by atoms with Crippen molar-refractivity contribution in [1.82, 2.24) is 5.32 Å². The minimum absolute atomic E-state index is 0.137. The SMILES string of the molecule is O=C1N=C2N=CC(Br)=CC2N1. The van der Waals surface area contributed by atoms with Gasteiger partial charge in [-0.25, -0.2) is 9.79 Å². The van der Waals surface area contributed by atoms with E-state index in [0.717, 1.165) is 4.48 Å². The first-order chi connectivity index (χ1) is 5.25. The van der Waals surface area contributed by atoms with Crippen LogP contribution >= 0.6 is 15.9 Å². The zero-order valence-corrected chi connectivity index (χ0v) is 7.00. The van der Waals surface area contributed by atoms with E-state index in [2.05, 4.69) is 31.2 Å². The van der Waals surface area contributed by atoms with Gasteiger partial charge >= 0.3 is 6.03 Å². The number of rotatable bonds is 0. The molecule has 0 aromatic carbocycles. The third kappa shape index (κ3) is 1.11. The number of hydrogen-bond donors (Lipinski definition) is 1. The minimum atomic E-state index is -0.319. The predicted octanol–water partition coefficient (Wildman–Crippen LogP) is 0.840. The second-order valence-corrected chi connectivity index (χ2v) is 3.12. The average Bonchev–Trinajstić information content (AvgIpc) is 2.27. The van der Waals surface area contributed by atoms with E-state index >= 15 is 0 Å². The third-order valence-corrected chi connectivity index (χ3v) is 1.89. The molecule has 0 saturated heterocycles. The number of aliphatic imine (C=N–C) groups is 2. The molecular formula is C6H4BrN3O. The maximum atomic E-state index is 10.7. The van der Waals surface area contributed by atoms with Gasteiger partial charge in [-0.1, -0.05) is 0 Å². The average molecular weight is 214 g/mol. The van der Waals surface area contributed by atoms with Crippen LogP contribution in [0.2, 0.25) is 0 Å². The summed E-state index contributed by atoms with van der Waals surface area (Å²) < 4.78 is 0.864. The number of halogens is 1. The highest BCUT2D eigenvalue weighted by atomic mass is 79.9. The molecule has 56 valence electrons. The van der Waals surface area contributed by atoms with Gasteiger partial charge in [0.05, 0.1) is 0 Å². The highest BCUT2D eigenvalue weighted by Gasteiger charge is 2.25. The molecule has 0 bridgehead atoms. The molecule has 0 fully saturated rings. The van der Waals surface area contributed by atoms with E-state index in [0.29, 0.717) is 5.84 Å². The number of urea groups is 1. The molecule has 5 heteroatoms. The second kappa shape index (κ2) is 2.27. The van der Waals surface area contributed by atoms with Gasteiger partial charge in [-0.3, -0.25) is 0 Å². The predicted molar refractivity (Wildman–Crippen MR) is 45.3 cm³/mol. The fraction of sp³-hybridized carbons (Fsp3) is 0.167. The lowest BCUT2D eigenvalue weighted by Gasteiger charge is -2.08. The molecule has 2 amide bonds. The molecule has 1 unspecified atom stereocenters. The highest BCUT2D eigenvalue weighted by Crippen LogP contribution is 2.13. The van der Waals surface area contributed by atoms with Crippen LogP contribution in [0.1, 0.15) is 0 Å². The molecule has 1 atom stereocenters. The normalized spacial score (nSPS) is 27.4. The molecular weight excluding hydrogens is 210 g/mol. The van der Waals surface area contributed by atoms with Gasteiger partial charge in [0.25, 0.3) is 0 Å². The quantitative estimate of drug-likeness (QED) is 0.638. The molecule has 2 rings (SSSR count). The van der Waals surface area contributed by atoms with Crippen molar-refractivity contribution in [2.45, 2.75) is 6.04 Å². The van der Waals surface area contributed by atoms with Gasteiger partial charge in [0.1, 0.15) is 6.04 Å². The lowest BCUT2D eigenvalue weighted by Crippen LogP contribution is -2.30. The van der Waals surface area contributed by atoms with Gasteiger partial charge in [-0.2, -0.15) is 4.99 Å². The van der Waals surface area contributed by atoms with E-state index in [9.17, 15) is 4.79 Å². The van der Waals surface area contributed by atoms with Crippen LogP contribution in [0.25, 0.3) is 0 Å². The topological polar surface area (TPSA) is 53.8 Å². The zero-order chi connectivity index (χ0) is 7.84. The molecule has 0 aliphatic carbocycles. The number of amides is 2. The van der Waals surface area contributed by atoms with Crippen molar-refractivity contribution in [3.8, 4) is 0 Å². The van der Waals surface area contributed by atoms with Crippen molar-refractivity contribution in [2.24, 2.45) is 9.98 Å². The van der Waals surface area contributed by atoms with E-state index in [1.54, 1.807) is 6.21 Å². The molecule has 4 nitrogen and oxygen atoms in total. The Bertz CT molecular complexity index is 305. The van der Waals surface area contributed by atoms with Crippen LogP contribution in [-0.2, 0) is 0 Å². The Morgan fingerprint density at radius 2 is 2.45 bits per heavy atom. The molecule has 2 aliphatic heterocycles. The van der Waals surface area contributed by atoms with Crippen molar-refractivity contribution in [2.75, 3.05) is 0 Å². The number of carbonyl (C=O) groups is 1. The Kier molecular flexibility index (Phi) is 1.38. The summed E-state index contributed by atoms with van der Waals surface area (Å²) in [7, 11) is 0. The summed E-state index contributed by atoms with van der Waals surface area (Å²) in [6.07, 6.45) is 3.46. The monoisotopic (exact) mass is 213 g/mol. The van der Waals surface area contributed by atoms with Gasteiger partial charge in [-0.15, -0.1) is 0 Å². The summed E-state index contributed by atoms with van der Waals surface area (Å²) in [6, 6.07) is -0.456. The Balaban J connectivity index is 2.36. The minimum Gasteiger partial charge on any atom is -0.323 e. The third-order valence-electron chi connectivity index (χ3n) is 1.42. The van der Waals surface area contributed by atoms with Crippen LogP contribution in [0.5, 0.6) is 0 Å². The van der Waals surface area contributed by atoms with Gasteiger partial charge in [0.2, 0.25) is 0 Å². The van der Waals surface area contributed by atoms with Crippen LogP contribution in [0.4, 0.5) is 4.79 Å². The Hall–Kier alpha value is -0.970. The molecule has 2 aliphatic rings. The van der Waals surface area contributed by atoms with Crippen molar-refractivity contribution < 1.29 is 4.79 Å². The van der Waals surface area contributed by atoms with Crippen molar-refractivity contribution in [3.05, 3.63) is 10.6 Å². The summed E-state index contributed by atoms with van der Waals surface area (Å²) in [4.78, 5) is 18.3. The number of hydrogen-bond acceptors (Lipinski definition) is 2. The van der Waals surface area contributed by atoms with E-state index in [4.69, 9.17) is 0 Å². The molecule has 0 saturated carbocycles. The van der Waals surface area contributed by atoms with E-state index < -0.39 is 0 Å².